The summed E-state index contributed by atoms with van der Waals surface area (Å²) in [6.45, 7) is 0. The van der Waals surface area contributed by atoms with Crippen molar-refractivity contribution in [3.8, 4) is 11.4 Å². The number of pyridine rings is 1. The highest BCUT2D eigenvalue weighted by molar-refractivity contribution is 5.92. The molecule has 0 aromatic heterocycles. The van der Waals surface area contributed by atoms with E-state index in [-0.39, 0.29) is 5.41 Å². The number of nitrogens with zero attached hydrogens (tertiary/aromatic N) is 3. The minimum Gasteiger partial charge on any atom is -0.428 e. The third-order valence-corrected chi connectivity index (χ3v) is 6.85. The molecule has 7 rings (SSSR count). The third kappa shape index (κ3) is 1.64. The summed E-state index contributed by atoms with van der Waals surface area (Å²) in [5, 5.41) is 11.2. The van der Waals surface area contributed by atoms with E-state index in [9.17, 15) is 5.21 Å². The molecule has 0 atom stereocenters. The molecule has 4 aliphatic carbocycles. The maximum Gasteiger partial charge on any atom is 0.136 e. The first-order chi connectivity index (χ1) is 11.7. The second-order valence-electron chi connectivity index (χ2n) is 8.47. The van der Waals surface area contributed by atoms with Crippen LogP contribution in [0.3, 0.4) is 0 Å². The molecule has 1 aromatic carbocycles. The van der Waals surface area contributed by atoms with E-state index in [1.165, 1.54) is 43.3 Å². The molecule has 4 nitrogen and oxygen atoms in total. The Balaban J connectivity index is 1.56. The number of benzene rings is 1. The van der Waals surface area contributed by atoms with Crippen molar-refractivity contribution in [1.82, 2.24) is 14.7 Å². The van der Waals surface area contributed by atoms with Crippen molar-refractivity contribution in [2.75, 3.05) is 0 Å². The van der Waals surface area contributed by atoms with Crippen LogP contribution in [0, 0.1) is 17.8 Å². The summed E-state index contributed by atoms with van der Waals surface area (Å²) in [5.41, 5.74) is 2.76. The molecule has 0 unspecified atom stereocenters. The third-order valence-electron chi connectivity index (χ3n) is 6.85. The summed E-state index contributed by atoms with van der Waals surface area (Å²) in [7, 11) is 0. The molecule has 4 bridgehead atoms. The van der Waals surface area contributed by atoms with Gasteiger partial charge >= 0.3 is 0 Å². The highest BCUT2D eigenvalue weighted by atomic mass is 16.5. The zero-order valence-corrected chi connectivity index (χ0v) is 13.7. The van der Waals surface area contributed by atoms with Crippen molar-refractivity contribution in [3.05, 3.63) is 36.3 Å². The van der Waals surface area contributed by atoms with E-state index in [4.69, 9.17) is 9.97 Å². The van der Waals surface area contributed by atoms with Gasteiger partial charge in [0.25, 0.3) is 0 Å². The SMILES string of the molecule is On1cc2nc(C34CC5CC(CC(C5)C3)C4)nc-2c2ccccc21. The fourth-order valence-electron chi connectivity index (χ4n) is 6.32. The van der Waals surface area contributed by atoms with Crippen LogP contribution in [0.1, 0.15) is 44.3 Å². The Morgan fingerprint density at radius 3 is 2.33 bits per heavy atom. The molecule has 24 heavy (non-hydrogen) atoms. The van der Waals surface area contributed by atoms with Crippen LogP contribution in [0.25, 0.3) is 22.3 Å². The molecule has 122 valence electrons. The molecule has 4 fully saturated rings. The molecule has 0 amide bonds. The Labute approximate surface area is 140 Å². The van der Waals surface area contributed by atoms with Gasteiger partial charge in [-0.1, -0.05) is 18.2 Å². The molecule has 1 N–H and O–H groups in total. The quantitative estimate of drug-likeness (QED) is 0.683. The Bertz CT molecular complexity index is 893. The Morgan fingerprint density at radius 1 is 0.958 bits per heavy atom. The van der Waals surface area contributed by atoms with E-state index in [2.05, 4.69) is 0 Å². The predicted octanol–water partition coefficient (Wildman–Crippen LogP) is 4.24. The van der Waals surface area contributed by atoms with Gasteiger partial charge < -0.3 is 5.21 Å². The van der Waals surface area contributed by atoms with Crippen molar-refractivity contribution in [3.63, 3.8) is 0 Å². The molecule has 2 aliphatic heterocycles. The van der Waals surface area contributed by atoms with E-state index >= 15 is 0 Å². The van der Waals surface area contributed by atoms with Gasteiger partial charge in [0, 0.05) is 10.8 Å². The summed E-state index contributed by atoms with van der Waals surface area (Å²) in [6, 6.07) is 7.90. The molecule has 0 radical (unpaired) electrons. The lowest BCUT2D eigenvalue weighted by Crippen LogP contribution is -2.49. The van der Waals surface area contributed by atoms with E-state index < -0.39 is 0 Å². The minimum atomic E-state index is 0.204. The number of imidazole rings is 1. The lowest BCUT2D eigenvalue weighted by molar-refractivity contribution is -0.00891. The van der Waals surface area contributed by atoms with Crippen molar-refractivity contribution in [2.24, 2.45) is 17.8 Å². The maximum atomic E-state index is 10.3. The fraction of sp³-hybridized carbons (Fsp3) is 0.500. The number of aromatic nitrogens is 3. The zero-order valence-electron chi connectivity index (χ0n) is 13.7. The molecule has 2 heterocycles. The molecule has 1 aromatic rings. The molecule has 0 spiro atoms. The Hall–Kier alpha value is -2.10. The Kier molecular flexibility index (Phi) is 2.37. The van der Waals surface area contributed by atoms with Crippen LogP contribution in [0.15, 0.2) is 30.5 Å². The zero-order chi connectivity index (χ0) is 15.9. The first-order valence-electron chi connectivity index (χ1n) is 9.18. The van der Waals surface area contributed by atoms with Crippen LogP contribution in [-0.2, 0) is 5.41 Å². The number of rotatable bonds is 1. The standard InChI is InChI=1S/C20H21N3O/c24-23-11-16-18(15-3-1-2-4-17(15)23)22-19(21-16)20-8-12-5-13(9-20)7-14(6-12)10-20/h1-4,11-14,24H,5-10H2. The lowest BCUT2D eigenvalue weighted by Gasteiger charge is -2.55. The van der Waals surface area contributed by atoms with Gasteiger partial charge in [-0.25, -0.2) is 9.97 Å². The minimum absolute atomic E-state index is 0.204. The number of para-hydroxylation sites is 1. The second kappa shape index (κ2) is 4.29. The lowest BCUT2D eigenvalue weighted by atomic mass is 9.49. The van der Waals surface area contributed by atoms with E-state index in [0.717, 1.165) is 45.9 Å². The predicted molar refractivity (Wildman–Crippen MR) is 91.2 cm³/mol. The second-order valence-corrected chi connectivity index (χ2v) is 8.47. The van der Waals surface area contributed by atoms with E-state index in [1.54, 1.807) is 6.20 Å². The molecule has 4 heteroatoms. The van der Waals surface area contributed by atoms with Crippen molar-refractivity contribution in [1.29, 1.82) is 0 Å². The van der Waals surface area contributed by atoms with Crippen LogP contribution in [-0.4, -0.2) is 19.9 Å². The smallest absolute Gasteiger partial charge is 0.136 e. The van der Waals surface area contributed by atoms with Gasteiger partial charge in [-0.3, -0.25) is 0 Å². The molecule has 4 saturated carbocycles. The van der Waals surface area contributed by atoms with Crippen molar-refractivity contribution < 1.29 is 5.21 Å². The van der Waals surface area contributed by atoms with E-state index in [0.29, 0.717) is 0 Å². The number of fused-ring (bicyclic) bond motifs is 3. The van der Waals surface area contributed by atoms with Crippen LogP contribution >= 0.6 is 0 Å². The van der Waals surface area contributed by atoms with Gasteiger partial charge in [-0.15, -0.1) is 0 Å². The summed E-state index contributed by atoms with van der Waals surface area (Å²) >= 11 is 0. The van der Waals surface area contributed by atoms with Crippen molar-refractivity contribution in [2.45, 2.75) is 43.9 Å². The normalized spacial score (nSPS) is 34.4. The summed E-state index contributed by atoms with van der Waals surface area (Å²) in [4.78, 5) is 9.96. The highest BCUT2D eigenvalue weighted by Gasteiger charge is 2.53. The topological polar surface area (TPSA) is 50.9 Å². The van der Waals surface area contributed by atoms with Gasteiger partial charge in [-0.05, 0) is 62.3 Å². The van der Waals surface area contributed by atoms with Crippen molar-refractivity contribution >= 4 is 10.9 Å². The van der Waals surface area contributed by atoms with E-state index in [1.807, 2.05) is 24.3 Å². The Morgan fingerprint density at radius 2 is 1.62 bits per heavy atom. The molecular formula is C20H21N3O. The van der Waals surface area contributed by atoms with Crippen LogP contribution in [0.2, 0.25) is 0 Å². The monoisotopic (exact) mass is 319 g/mol. The van der Waals surface area contributed by atoms with Gasteiger partial charge in [-0.2, -0.15) is 4.73 Å². The first-order valence-corrected chi connectivity index (χ1v) is 9.18. The molecule has 0 saturated heterocycles. The molecular weight excluding hydrogens is 298 g/mol. The average Bonchev–Trinajstić information content (AvgIpc) is 2.99. The van der Waals surface area contributed by atoms with Crippen LogP contribution in [0.5, 0.6) is 0 Å². The average molecular weight is 319 g/mol. The number of hydrogen-bond donors (Lipinski definition) is 1. The summed E-state index contributed by atoms with van der Waals surface area (Å²) in [6.07, 6.45) is 9.82. The maximum absolute atomic E-state index is 10.3. The van der Waals surface area contributed by atoms with Gasteiger partial charge in [0.15, 0.2) is 0 Å². The van der Waals surface area contributed by atoms with Gasteiger partial charge in [0.05, 0.1) is 11.7 Å². The largest absolute Gasteiger partial charge is 0.428 e. The summed E-state index contributed by atoms with van der Waals surface area (Å²) < 4.78 is 1.19. The molecule has 6 aliphatic rings. The van der Waals surface area contributed by atoms with Gasteiger partial charge in [0.2, 0.25) is 0 Å². The van der Waals surface area contributed by atoms with Crippen LogP contribution in [0.4, 0.5) is 0 Å². The van der Waals surface area contributed by atoms with Gasteiger partial charge in [0.1, 0.15) is 17.2 Å². The van der Waals surface area contributed by atoms with Crippen LogP contribution < -0.4 is 0 Å². The number of hydrogen-bond acceptors (Lipinski definition) is 3. The highest BCUT2D eigenvalue weighted by Crippen LogP contribution is 2.60. The summed E-state index contributed by atoms with van der Waals surface area (Å²) in [5.74, 6) is 3.71. The first kappa shape index (κ1) is 13.2. The fourth-order valence-corrected chi connectivity index (χ4v) is 6.32.